The summed E-state index contributed by atoms with van der Waals surface area (Å²) >= 11 is 3.21. The fourth-order valence-electron chi connectivity index (χ4n) is 2.20. The normalized spacial score (nSPS) is 19.5. The molecule has 2 rings (SSSR count). The lowest BCUT2D eigenvalue weighted by Gasteiger charge is -2.34. The predicted octanol–water partition coefficient (Wildman–Crippen LogP) is 1.83. The molecule has 19 heavy (non-hydrogen) atoms. The molecular formula is C13H14BrFN2O2. The summed E-state index contributed by atoms with van der Waals surface area (Å²) in [5.41, 5.74) is 0.661. The largest absolute Gasteiger partial charge is 0.345 e. The van der Waals surface area contributed by atoms with Crippen LogP contribution in [-0.2, 0) is 16.1 Å². The first-order valence-electron chi connectivity index (χ1n) is 6.03. The standard InChI is InChI=1S/C13H14BrFN2O2/c1-2-11-13(19)16-6-12(18)17(11)7-8-3-9(14)5-10(15)4-8/h3-5,11H,2,6-7H2,1H3,(H,16,19). The van der Waals surface area contributed by atoms with Crippen molar-refractivity contribution in [1.29, 1.82) is 0 Å². The molecular weight excluding hydrogens is 315 g/mol. The molecule has 6 heteroatoms. The molecule has 1 aliphatic heterocycles. The molecule has 0 aliphatic carbocycles. The average molecular weight is 329 g/mol. The first-order valence-corrected chi connectivity index (χ1v) is 6.82. The van der Waals surface area contributed by atoms with Crippen molar-refractivity contribution in [3.05, 3.63) is 34.1 Å². The summed E-state index contributed by atoms with van der Waals surface area (Å²) in [6.45, 7) is 2.09. The maximum absolute atomic E-state index is 13.3. The van der Waals surface area contributed by atoms with E-state index in [0.29, 0.717) is 16.5 Å². The van der Waals surface area contributed by atoms with Gasteiger partial charge in [-0.3, -0.25) is 9.59 Å². The number of hydrogen-bond acceptors (Lipinski definition) is 2. The van der Waals surface area contributed by atoms with Crippen LogP contribution in [0.5, 0.6) is 0 Å². The van der Waals surface area contributed by atoms with E-state index in [1.807, 2.05) is 6.92 Å². The van der Waals surface area contributed by atoms with Crippen LogP contribution < -0.4 is 5.32 Å². The molecule has 0 bridgehead atoms. The Labute approximate surface area is 119 Å². The van der Waals surface area contributed by atoms with Gasteiger partial charge in [-0.25, -0.2) is 4.39 Å². The molecule has 0 spiro atoms. The second-order valence-electron chi connectivity index (χ2n) is 4.44. The number of benzene rings is 1. The molecule has 0 saturated carbocycles. The first-order chi connectivity index (χ1) is 9.01. The molecule has 1 saturated heterocycles. The van der Waals surface area contributed by atoms with Crippen molar-refractivity contribution in [2.45, 2.75) is 25.9 Å². The van der Waals surface area contributed by atoms with Gasteiger partial charge in [-0.15, -0.1) is 0 Å². The van der Waals surface area contributed by atoms with Crippen molar-refractivity contribution in [3.63, 3.8) is 0 Å². The number of hydrogen-bond donors (Lipinski definition) is 1. The van der Waals surface area contributed by atoms with Crippen LogP contribution in [0.15, 0.2) is 22.7 Å². The van der Waals surface area contributed by atoms with E-state index in [2.05, 4.69) is 21.2 Å². The summed E-state index contributed by atoms with van der Waals surface area (Å²) in [6, 6.07) is 3.99. The van der Waals surface area contributed by atoms with Gasteiger partial charge in [0.25, 0.3) is 0 Å². The Bertz CT molecular complexity index is 501. The minimum absolute atomic E-state index is 0.00577. The summed E-state index contributed by atoms with van der Waals surface area (Å²) in [5.74, 6) is -0.671. The van der Waals surface area contributed by atoms with Gasteiger partial charge in [-0.2, -0.15) is 0 Å². The van der Waals surface area contributed by atoms with E-state index in [-0.39, 0.29) is 30.7 Å². The van der Waals surface area contributed by atoms with Crippen molar-refractivity contribution in [2.75, 3.05) is 6.54 Å². The second kappa shape index (κ2) is 5.69. The molecule has 1 aliphatic rings. The van der Waals surface area contributed by atoms with Crippen LogP contribution in [0.25, 0.3) is 0 Å². The monoisotopic (exact) mass is 328 g/mol. The molecule has 1 atom stereocenters. The Balaban J connectivity index is 2.23. The quantitative estimate of drug-likeness (QED) is 0.920. The number of rotatable bonds is 3. The van der Waals surface area contributed by atoms with Gasteiger partial charge in [0.05, 0.1) is 6.54 Å². The highest BCUT2D eigenvalue weighted by atomic mass is 79.9. The number of amides is 2. The topological polar surface area (TPSA) is 49.4 Å². The molecule has 1 unspecified atom stereocenters. The zero-order valence-corrected chi connectivity index (χ0v) is 12.0. The van der Waals surface area contributed by atoms with Crippen LogP contribution >= 0.6 is 15.9 Å². The third-order valence-electron chi connectivity index (χ3n) is 3.08. The summed E-state index contributed by atoms with van der Waals surface area (Å²) in [4.78, 5) is 25.1. The average Bonchev–Trinajstić information content (AvgIpc) is 2.33. The summed E-state index contributed by atoms with van der Waals surface area (Å²) in [7, 11) is 0. The van der Waals surface area contributed by atoms with Crippen molar-refractivity contribution in [3.8, 4) is 0 Å². The van der Waals surface area contributed by atoms with Crippen LogP contribution in [0.3, 0.4) is 0 Å². The fraction of sp³-hybridized carbons (Fsp3) is 0.385. The third-order valence-corrected chi connectivity index (χ3v) is 3.53. The van der Waals surface area contributed by atoms with E-state index in [1.165, 1.54) is 17.0 Å². The van der Waals surface area contributed by atoms with E-state index in [9.17, 15) is 14.0 Å². The van der Waals surface area contributed by atoms with Crippen LogP contribution in [0.2, 0.25) is 0 Å². The lowest BCUT2D eigenvalue weighted by molar-refractivity contribution is -0.146. The SMILES string of the molecule is CCC1C(=O)NCC(=O)N1Cc1cc(F)cc(Br)c1. The molecule has 1 aromatic carbocycles. The Morgan fingerprint density at radius 2 is 2.16 bits per heavy atom. The number of nitrogens with one attached hydrogen (secondary N) is 1. The molecule has 4 nitrogen and oxygen atoms in total. The number of carbonyl (C=O) groups excluding carboxylic acids is 2. The highest BCUT2D eigenvalue weighted by Crippen LogP contribution is 2.19. The molecule has 0 radical (unpaired) electrons. The summed E-state index contributed by atoms with van der Waals surface area (Å²) < 4.78 is 13.9. The Morgan fingerprint density at radius 1 is 1.42 bits per heavy atom. The molecule has 1 N–H and O–H groups in total. The Morgan fingerprint density at radius 3 is 2.79 bits per heavy atom. The molecule has 1 heterocycles. The zero-order chi connectivity index (χ0) is 14.0. The minimum atomic E-state index is -0.483. The molecule has 0 aromatic heterocycles. The van der Waals surface area contributed by atoms with Gasteiger partial charge in [0.1, 0.15) is 11.9 Å². The highest BCUT2D eigenvalue weighted by molar-refractivity contribution is 9.10. The van der Waals surface area contributed by atoms with Gasteiger partial charge < -0.3 is 10.2 Å². The molecule has 1 aromatic rings. The summed E-state index contributed by atoms with van der Waals surface area (Å²) in [5, 5.41) is 2.56. The van der Waals surface area contributed by atoms with Crippen molar-refractivity contribution in [2.24, 2.45) is 0 Å². The maximum Gasteiger partial charge on any atom is 0.243 e. The van der Waals surface area contributed by atoms with Gasteiger partial charge in [-0.1, -0.05) is 22.9 Å². The number of nitrogens with zero attached hydrogens (tertiary/aromatic N) is 1. The van der Waals surface area contributed by atoms with Crippen LogP contribution in [0, 0.1) is 5.82 Å². The summed E-state index contributed by atoms with van der Waals surface area (Å²) in [6.07, 6.45) is 0.536. The van der Waals surface area contributed by atoms with Crippen LogP contribution in [0.4, 0.5) is 4.39 Å². The van der Waals surface area contributed by atoms with Crippen LogP contribution in [-0.4, -0.2) is 29.3 Å². The van der Waals surface area contributed by atoms with E-state index >= 15 is 0 Å². The van der Waals surface area contributed by atoms with Crippen LogP contribution in [0.1, 0.15) is 18.9 Å². The minimum Gasteiger partial charge on any atom is -0.345 e. The number of piperazine rings is 1. The van der Waals surface area contributed by atoms with Crippen molar-refractivity contribution >= 4 is 27.7 Å². The highest BCUT2D eigenvalue weighted by Gasteiger charge is 2.32. The Hall–Kier alpha value is -1.43. The molecule has 102 valence electrons. The van der Waals surface area contributed by atoms with Crippen molar-refractivity contribution < 1.29 is 14.0 Å². The fourth-order valence-corrected chi connectivity index (χ4v) is 2.71. The number of halogens is 2. The van der Waals surface area contributed by atoms with E-state index in [0.717, 1.165) is 0 Å². The van der Waals surface area contributed by atoms with Gasteiger partial charge in [0, 0.05) is 11.0 Å². The van der Waals surface area contributed by atoms with Crippen molar-refractivity contribution in [1.82, 2.24) is 10.2 Å². The first kappa shape index (κ1) is 14.0. The van der Waals surface area contributed by atoms with Gasteiger partial charge >= 0.3 is 0 Å². The molecule has 2 amide bonds. The van der Waals surface area contributed by atoms with E-state index in [4.69, 9.17) is 0 Å². The van der Waals surface area contributed by atoms with E-state index < -0.39 is 6.04 Å². The van der Waals surface area contributed by atoms with Gasteiger partial charge in [-0.05, 0) is 30.2 Å². The van der Waals surface area contributed by atoms with Gasteiger partial charge in [0.2, 0.25) is 11.8 Å². The molecule has 1 fully saturated rings. The smallest absolute Gasteiger partial charge is 0.243 e. The Kier molecular flexibility index (Phi) is 4.19. The maximum atomic E-state index is 13.3. The predicted molar refractivity (Wildman–Crippen MR) is 71.7 cm³/mol. The lowest BCUT2D eigenvalue weighted by atomic mass is 10.1. The van der Waals surface area contributed by atoms with E-state index in [1.54, 1.807) is 6.07 Å². The third kappa shape index (κ3) is 3.12. The van der Waals surface area contributed by atoms with Gasteiger partial charge in [0.15, 0.2) is 0 Å². The lowest BCUT2D eigenvalue weighted by Crippen LogP contribution is -2.57. The second-order valence-corrected chi connectivity index (χ2v) is 5.36. The zero-order valence-electron chi connectivity index (χ0n) is 10.5. The number of carbonyl (C=O) groups is 2.